The van der Waals surface area contributed by atoms with Gasteiger partial charge in [-0.3, -0.25) is 0 Å². The molecule has 0 aliphatic heterocycles. The van der Waals surface area contributed by atoms with E-state index in [1.165, 1.54) is 11.6 Å². The van der Waals surface area contributed by atoms with Gasteiger partial charge in [0.2, 0.25) is 0 Å². The average molecular weight is 388 g/mol. The molecule has 0 bridgehead atoms. The molecule has 5 heteroatoms. The minimum Gasteiger partial charge on any atom is -0.206 e. The number of alkyl halides is 3. The highest BCUT2D eigenvalue weighted by Crippen LogP contribution is 2.41. The smallest absolute Gasteiger partial charge is 0.206 e. The van der Waals surface area contributed by atoms with Crippen molar-refractivity contribution < 1.29 is 22.0 Å². The first-order valence-electron chi connectivity index (χ1n) is 9.09. The molecule has 0 fully saturated rings. The van der Waals surface area contributed by atoms with E-state index in [2.05, 4.69) is 13.0 Å². The molecule has 28 heavy (non-hydrogen) atoms. The van der Waals surface area contributed by atoms with Crippen LogP contribution in [-0.2, 0) is 19.0 Å². The zero-order valence-electron chi connectivity index (χ0n) is 15.1. The predicted octanol–water partition coefficient (Wildman–Crippen LogP) is 7.17. The summed E-state index contributed by atoms with van der Waals surface area (Å²) in [5, 5.41) is 0. The lowest BCUT2D eigenvalue weighted by Gasteiger charge is -2.11. The van der Waals surface area contributed by atoms with E-state index in [9.17, 15) is 22.0 Å². The van der Waals surface area contributed by atoms with Gasteiger partial charge in [0.15, 0.2) is 0 Å². The minimum atomic E-state index is -4.78. The molecule has 0 heterocycles. The fourth-order valence-corrected chi connectivity index (χ4v) is 3.85. The SMILES string of the molecule is CCCc1ccc2c(c1)Cc1cc(-c3ccc(C(F)(F)F)c(F)c3)c(F)cc1-2. The second kappa shape index (κ2) is 6.73. The topological polar surface area (TPSA) is 0 Å². The van der Waals surface area contributed by atoms with Crippen molar-refractivity contribution in [1.82, 2.24) is 0 Å². The number of hydrogen-bond acceptors (Lipinski definition) is 0. The summed E-state index contributed by atoms with van der Waals surface area (Å²) in [7, 11) is 0. The molecule has 3 aromatic rings. The number of halogens is 5. The third-order valence-electron chi connectivity index (χ3n) is 5.16. The molecule has 0 aromatic heterocycles. The Morgan fingerprint density at radius 2 is 1.54 bits per heavy atom. The molecule has 0 saturated heterocycles. The van der Waals surface area contributed by atoms with Crippen LogP contribution in [0, 0.1) is 11.6 Å². The molecule has 4 rings (SSSR count). The molecule has 0 nitrogen and oxygen atoms in total. The second-order valence-corrected chi connectivity index (χ2v) is 7.10. The first-order valence-corrected chi connectivity index (χ1v) is 9.09. The normalized spacial score (nSPS) is 12.8. The van der Waals surface area contributed by atoms with Crippen LogP contribution in [0.25, 0.3) is 22.3 Å². The van der Waals surface area contributed by atoms with Gasteiger partial charge in [-0.05, 0) is 70.5 Å². The van der Waals surface area contributed by atoms with Crippen LogP contribution in [0.2, 0.25) is 0 Å². The average Bonchev–Trinajstić information content (AvgIpc) is 2.96. The van der Waals surface area contributed by atoms with Gasteiger partial charge in [-0.15, -0.1) is 0 Å². The van der Waals surface area contributed by atoms with Gasteiger partial charge >= 0.3 is 6.18 Å². The summed E-state index contributed by atoms with van der Waals surface area (Å²) in [6.45, 7) is 2.10. The van der Waals surface area contributed by atoms with E-state index in [0.717, 1.165) is 47.2 Å². The molecule has 0 spiro atoms. The molecule has 0 unspecified atom stereocenters. The number of fused-ring (bicyclic) bond motifs is 3. The monoisotopic (exact) mass is 388 g/mol. The fraction of sp³-hybridized carbons (Fsp3) is 0.217. The maximum absolute atomic E-state index is 14.7. The molecule has 0 N–H and O–H groups in total. The summed E-state index contributed by atoms with van der Waals surface area (Å²) in [6, 6.07) is 11.7. The van der Waals surface area contributed by atoms with E-state index < -0.39 is 23.4 Å². The summed E-state index contributed by atoms with van der Waals surface area (Å²) in [5.74, 6) is -1.99. The van der Waals surface area contributed by atoms with Crippen molar-refractivity contribution in [3.8, 4) is 22.3 Å². The standard InChI is InChI=1S/C23H17F5/c1-2-3-13-4-6-17-15(8-13)9-16-10-19(21(24)12-18(16)17)14-5-7-20(22(25)11-14)23(26,27)28/h4-8,10-12H,2-3,9H2,1H3. The molecule has 1 aliphatic rings. The van der Waals surface area contributed by atoms with Crippen LogP contribution in [0.15, 0.2) is 48.5 Å². The van der Waals surface area contributed by atoms with E-state index in [4.69, 9.17) is 0 Å². The Hall–Kier alpha value is -2.69. The molecule has 0 radical (unpaired) electrons. The lowest BCUT2D eigenvalue weighted by molar-refractivity contribution is -0.139. The summed E-state index contributed by atoms with van der Waals surface area (Å²) >= 11 is 0. The van der Waals surface area contributed by atoms with Gasteiger partial charge in [0.25, 0.3) is 0 Å². The number of aryl methyl sites for hydroxylation is 1. The quantitative estimate of drug-likeness (QED) is 0.326. The Bertz CT molecular complexity index is 1060. The molecule has 144 valence electrons. The highest BCUT2D eigenvalue weighted by Gasteiger charge is 2.34. The molecule has 3 aromatic carbocycles. The zero-order valence-corrected chi connectivity index (χ0v) is 15.1. The lowest BCUT2D eigenvalue weighted by atomic mass is 9.97. The van der Waals surface area contributed by atoms with Crippen molar-refractivity contribution in [2.45, 2.75) is 32.4 Å². The van der Waals surface area contributed by atoms with Crippen LogP contribution in [0.5, 0.6) is 0 Å². The molecule has 0 atom stereocenters. The van der Waals surface area contributed by atoms with E-state index in [0.29, 0.717) is 12.5 Å². The molecular formula is C23H17F5. The maximum atomic E-state index is 14.7. The minimum absolute atomic E-state index is 0.0911. The second-order valence-electron chi connectivity index (χ2n) is 7.10. The van der Waals surface area contributed by atoms with Crippen molar-refractivity contribution in [2.75, 3.05) is 0 Å². The Kier molecular flexibility index (Phi) is 4.48. The van der Waals surface area contributed by atoms with E-state index >= 15 is 0 Å². The van der Waals surface area contributed by atoms with E-state index in [-0.39, 0.29) is 11.1 Å². The van der Waals surface area contributed by atoms with Crippen molar-refractivity contribution >= 4 is 0 Å². The first kappa shape index (κ1) is 18.7. The van der Waals surface area contributed by atoms with Gasteiger partial charge in [0.1, 0.15) is 11.6 Å². The lowest BCUT2D eigenvalue weighted by Crippen LogP contribution is -2.08. The molecule has 0 amide bonds. The Morgan fingerprint density at radius 1 is 0.786 bits per heavy atom. The van der Waals surface area contributed by atoms with Gasteiger partial charge < -0.3 is 0 Å². The third-order valence-corrected chi connectivity index (χ3v) is 5.16. The van der Waals surface area contributed by atoms with Crippen LogP contribution >= 0.6 is 0 Å². The van der Waals surface area contributed by atoms with Crippen LogP contribution in [0.1, 0.15) is 35.6 Å². The van der Waals surface area contributed by atoms with Crippen molar-refractivity contribution in [3.63, 3.8) is 0 Å². The van der Waals surface area contributed by atoms with Gasteiger partial charge in [0, 0.05) is 5.56 Å². The molecule has 1 aliphatic carbocycles. The summed E-state index contributed by atoms with van der Waals surface area (Å²) in [4.78, 5) is 0. The van der Waals surface area contributed by atoms with Crippen molar-refractivity contribution in [1.29, 1.82) is 0 Å². The summed E-state index contributed by atoms with van der Waals surface area (Å²) in [5.41, 5.74) is 3.82. The Balaban J connectivity index is 1.74. The van der Waals surface area contributed by atoms with Crippen LogP contribution in [0.3, 0.4) is 0 Å². The number of benzene rings is 3. The van der Waals surface area contributed by atoms with Gasteiger partial charge in [-0.25, -0.2) is 8.78 Å². The van der Waals surface area contributed by atoms with E-state index in [1.807, 2.05) is 12.1 Å². The van der Waals surface area contributed by atoms with Crippen LogP contribution < -0.4 is 0 Å². The highest BCUT2D eigenvalue weighted by molar-refractivity contribution is 5.81. The van der Waals surface area contributed by atoms with Gasteiger partial charge in [0.05, 0.1) is 5.56 Å². The Labute approximate surface area is 159 Å². The van der Waals surface area contributed by atoms with Gasteiger partial charge in [-0.2, -0.15) is 13.2 Å². The first-order chi connectivity index (χ1) is 13.3. The fourth-order valence-electron chi connectivity index (χ4n) is 3.85. The predicted molar refractivity (Wildman–Crippen MR) is 99.0 cm³/mol. The van der Waals surface area contributed by atoms with Crippen molar-refractivity contribution in [2.24, 2.45) is 0 Å². The summed E-state index contributed by atoms with van der Waals surface area (Å²) < 4.78 is 67.0. The Morgan fingerprint density at radius 3 is 2.21 bits per heavy atom. The van der Waals surface area contributed by atoms with Crippen LogP contribution in [-0.4, -0.2) is 0 Å². The van der Waals surface area contributed by atoms with Gasteiger partial charge in [-0.1, -0.05) is 37.6 Å². The third kappa shape index (κ3) is 3.19. The van der Waals surface area contributed by atoms with E-state index in [1.54, 1.807) is 6.07 Å². The van der Waals surface area contributed by atoms with Crippen LogP contribution in [0.4, 0.5) is 22.0 Å². The maximum Gasteiger partial charge on any atom is 0.419 e. The zero-order chi connectivity index (χ0) is 20.1. The summed E-state index contributed by atoms with van der Waals surface area (Å²) in [6.07, 6.45) is -2.16. The van der Waals surface area contributed by atoms with Crippen molar-refractivity contribution in [3.05, 3.63) is 82.4 Å². The number of hydrogen-bond donors (Lipinski definition) is 0. The highest BCUT2D eigenvalue weighted by atomic mass is 19.4. The largest absolute Gasteiger partial charge is 0.419 e. The number of rotatable bonds is 3. The molecule has 0 saturated carbocycles. The molecular weight excluding hydrogens is 371 g/mol.